The lowest BCUT2D eigenvalue weighted by Gasteiger charge is -2.25. The van der Waals surface area contributed by atoms with E-state index in [1.807, 2.05) is 12.2 Å². The zero-order valence-corrected chi connectivity index (χ0v) is 18.1. The molecule has 28 heavy (non-hydrogen) atoms. The van der Waals surface area contributed by atoms with Gasteiger partial charge in [0.2, 0.25) is 0 Å². The molecule has 0 radical (unpaired) electrons. The number of methoxy groups -OCH3 is 1. The Labute approximate surface area is 169 Å². The maximum absolute atomic E-state index is 12.4. The lowest BCUT2D eigenvalue weighted by atomic mass is 9.86. The molecular weight excluding hydrogens is 380 g/mol. The fraction of sp³-hybridized carbons (Fsp3) is 0.714. The molecule has 1 rings (SSSR count). The van der Waals surface area contributed by atoms with Crippen LogP contribution in [-0.4, -0.2) is 39.6 Å². The highest BCUT2D eigenvalue weighted by molar-refractivity contribution is 7.86. The molecule has 1 aliphatic carbocycles. The van der Waals surface area contributed by atoms with Gasteiger partial charge in [-0.3, -0.25) is 13.8 Å². The van der Waals surface area contributed by atoms with Gasteiger partial charge in [0.05, 0.1) is 25.4 Å². The number of rotatable bonds is 14. The molecule has 0 N–H and O–H groups in total. The van der Waals surface area contributed by atoms with E-state index in [1.165, 1.54) is 19.6 Å². The molecule has 160 valence electrons. The smallest absolute Gasteiger partial charge is 0.305 e. The number of ketones is 1. The number of ether oxygens (including phenoxy) is 1. The van der Waals surface area contributed by atoms with Crippen LogP contribution in [0.3, 0.4) is 0 Å². The average Bonchev–Trinajstić information content (AvgIpc) is 2.99. The standard InChI is InChI=1S/C21H34O6S/c1-4-5-6-7-9-12-17-15-16-18(22)21(17)19(27-28(3,24)25)13-10-8-11-14-20(23)26-2/h9,12,15-17,19,21H,4-8,10-11,13-14H2,1-3H3/b12-9+/t17-,19+,21+/m0/s1. The van der Waals surface area contributed by atoms with E-state index in [4.69, 9.17) is 4.18 Å². The highest BCUT2D eigenvalue weighted by Gasteiger charge is 2.37. The van der Waals surface area contributed by atoms with Gasteiger partial charge in [-0.1, -0.05) is 50.8 Å². The molecule has 0 heterocycles. The molecule has 0 fully saturated rings. The topological polar surface area (TPSA) is 86.7 Å². The van der Waals surface area contributed by atoms with Crippen LogP contribution < -0.4 is 0 Å². The summed E-state index contributed by atoms with van der Waals surface area (Å²) in [6.07, 6.45) is 15.0. The minimum atomic E-state index is -3.68. The second-order valence-corrected chi connectivity index (χ2v) is 8.90. The zero-order valence-electron chi connectivity index (χ0n) is 17.3. The number of allylic oxidation sites excluding steroid dienone is 4. The Morgan fingerprint density at radius 3 is 2.61 bits per heavy atom. The first-order valence-electron chi connectivity index (χ1n) is 10.1. The quantitative estimate of drug-likeness (QED) is 0.185. The van der Waals surface area contributed by atoms with Crippen molar-refractivity contribution in [2.24, 2.45) is 11.8 Å². The molecule has 7 heteroatoms. The summed E-state index contributed by atoms with van der Waals surface area (Å²) in [6.45, 7) is 2.15. The van der Waals surface area contributed by atoms with Gasteiger partial charge in [-0.25, -0.2) is 0 Å². The lowest BCUT2D eigenvalue weighted by Crippen LogP contribution is -2.33. The van der Waals surface area contributed by atoms with E-state index in [2.05, 4.69) is 17.7 Å². The van der Waals surface area contributed by atoms with E-state index < -0.39 is 22.1 Å². The van der Waals surface area contributed by atoms with Crippen molar-refractivity contribution in [3.63, 3.8) is 0 Å². The Morgan fingerprint density at radius 2 is 1.96 bits per heavy atom. The number of esters is 1. The maximum atomic E-state index is 12.4. The third-order valence-corrected chi connectivity index (χ3v) is 5.45. The number of hydrogen-bond acceptors (Lipinski definition) is 6. The fourth-order valence-corrected chi connectivity index (χ4v) is 4.08. The minimum absolute atomic E-state index is 0.0913. The second kappa shape index (κ2) is 12.9. The molecule has 0 saturated carbocycles. The van der Waals surface area contributed by atoms with E-state index in [1.54, 1.807) is 0 Å². The largest absolute Gasteiger partial charge is 0.469 e. The van der Waals surface area contributed by atoms with Crippen LogP contribution in [0.25, 0.3) is 0 Å². The molecule has 0 aromatic heterocycles. The van der Waals surface area contributed by atoms with Gasteiger partial charge in [-0.15, -0.1) is 0 Å². The van der Waals surface area contributed by atoms with Crippen molar-refractivity contribution in [2.45, 2.75) is 70.8 Å². The van der Waals surface area contributed by atoms with E-state index in [0.29, 0.717) is 25.7 Å². The predicted octanol–water partition coefficient (Wildman–Crippen LogP) is 3.96. The van der Waals surface area contributed by atoms with Crippen LogP contribution in [0.5, 0.6) is 0 Å². The van der Waals surface area contributed by atoms with Gasteiger partial charge in [0, 0.05) is 12.3 Å². The van der Waals surface area contributed by atoms with Gasteiger partial charge in [0.25, 0.3) is 10.1 Å². The first-order valence-corrected chi connectivity index (χ1v) is 11.9. The van der Waals surface area contributed by atoms with Crippen LogP contribution >= 0.6 is 0 Å². The first-order chi connectivity index (χ1) is 13.3. The molecule has 0 aromatic rings. The Morgan fingerprint density at radius 1 is 1.21 bits per heavy atom. The van der Waals surface area contributed by atoms with Gasteiger partial charge in [-0.2, -0.15) is 8.42 Å². The van der Waals surface area contributed by atoms with Crippen LogP contribution in [0.15, 0.2) is 24.3 Å². The van der Waals surface area contributed by atoms with Crippen molar-refractivity contribution in [2.75, 3.05) is 13.4 Å². The van der Waals surface area contributed by atoms with Crippen molar-refractivity contribution in [1.29, 1.82) is 0 Å². The molecule has 0 bridgehead atoms. The normalized spacial score (nSPS) is 20.8. The van der Waals surface area contributed by atoms with Crippen molar-refractivity contribution in [3.05, 3.63) is 24.3 Å². The monoisotopic (exact) mass is 414 g/mol. The van der Waals surface area contributed by atoms with Crippen molar-refractivity contribution in [3.8, 4) is 0 Å². The summed E-state index contributed by atoms with van der Waals surface area (Å²) in [5.41, 5.74) is 0. The SMILES string of the molecule is CCCCC/C=C/[C@H]1C=CC(=O)[C@@H]1[C@@H](CCCCCC(=O)OC)OS(C)(=O)=O. The Bertz CT molecular complexity index is 650. The zero-order chi connectivity index (χ0) is 21.0. The lowest BCUT2D eigenvalue weighted by molar-refractivity contribution is -0.140. The highest BCUT2D eigenvalue weighted by atomic mass is 32.2. The Balaban J connectivity index is 2.69. The summed E-state index contributed by atoms with van der Waals surface area (Å²) >= 11 is 0. The van der Waals surface area contributed by atoms with Crippen LogP contribution in [0.2, 0.25) is 0 Å². The van der Waals surface area contributed by atoms with Gasteiger partial charge in [-0.05, 0) is 31.8 Å². The molecule has 1 aliphatic rings. The summed E-state index contributed by atoms with van der Waals surface area (Å²) in [6, 6.07) is 0. The molecule has 0 aromatic carbocycles. The van der Waals surface area contributed by atoms with Crippen LogP contribution in [0, 0.1) is 11.8 Å². The van der Waals surface area contributed by atoms with E-state index in [9.17, 15) is 18.0 Å². The van der Waals surface area contributed by atoms with E-state index in [0.717, 1.165) is 31.9 Å². The van der Waals surface area contributed by atoms with E-state index in [-0.39, 0.29) is 17.7 Å². The van der Waals surface area contributed by atoms with Gasteiger partial charge in [0.15, 0.2) is 5.78 Å². The maximum Gasteiger partial charge on any atom is 0.305 e. The average molecular weight is 415 g/mol. The van der Waals surface area contributed by atoms with Crippen molar-refractivity contribution in [1.82, 2.24) is 0 Å². The third kappa shape index (κ3) is 9.64. The summed E-state index contributed by atoms with van der Waals surface area (Å²) in [5.74, 6) is -1.01. The summed E-state index contributed by atoms with van der Waals surface area (Å²) < 4.78 is 33.4. The van der Waals surface area contributed by atoms with Gasteiger partial charge in [0.1, 0.15) is 0 Å². The second-order valence-electron chi connectivity index (χ2n) is 7.30. The molecular formula is C21H34O6S. The molecule has 0 unspecified atom stereocenters. The molecule has 0 spiro atoms. The minimum Gasteiger partial charge on any atom is -0.469 e. The van der Waals surface area contributed by atoms with Crippen molar-refractivity contribution >= 4 is 21.9 Å². The number of unbranched alkanes of at least 4 members (excludes halogenated alkanes) is 5. The number of carbonyl (C=O) groups excluding carboxylic acids is 2. The van der Waals surface area contributed by atoms with Gasteiger partial charge >= 0.3 is 5.97 Å². The summed E-state index contributed by atoms with van der Waals surface area (Å²) in [5, 5.41) is 0. The summed E-state index contributed by atoms with van der Waals surface area (Å²) in [4.78, 5) is 23.6. The molecule has 0 saturated heterocycles. The van der Waals surface area contributed by atoms with Crippen molar-refractivity contribution < 1.29 is 26.9 Å². The number of hydrogen-bond donors (Lipinski definition) is 0. The molecule has 3 atom stereocenters. The molecule has 0 aliphatic heterocycles. The van der Waals surface area contributed by atoms with Gasteiger partial charge < -0.3 is 4.74 Å². The highest BCUT2D eigenvalue weighted by Crippen LogP contribution is 2.32. The first kappa shape index (κ1) is 24.6. The fourth-order valence-electron chi connectivity index (χ4n) is 3.41. The third-order valence-electron chi connectivity index (χ3n) is 4.85. The molecule has 6 nitrogen and oxygen atoms in total. The Hall–Kier alpha value is -1.47. The van der Waals surface area contributed by atoms with Crippen LogP contribution in [0.1, 0.15) is 64.7 Å². The summed E-state index contributed by atoms with van der Waals surface area (Å²) in [7, 11) is -2.32. The molecule has 0 amide bonds. The van der Waals surface area contributed by atoms with E-state index >= 15 is 0 Å². The predicted molar refractivity (Wildman–Crippen MR) is 109 cm³/mol. The number of carbonyl (C=O) groups is 2. The van der Waals surface area contributed by atoms with Crippen LogP contribution in [0.4, 0.5) is 0 Å². The Kier molecular flexibility index (Phi) is 11.3. The van der Waals surface area contributed by atoms with Crippen LogP contribution in [-0.2, 0) is 28.6 Å².